The molecule has 0 atom stereocenters. The third-order valence-corrected chi connectivity index (χ3v) is 11.4. The number of methoxy groups -OCH3 is 2. The molecule has 10 rings (SSSR count). The number of H-pyrrole nitrogens is 5. The average Bonchev–Trinajstić information content (AvgIpc) is 4.29. The van der Waals surface area contributed by atoms with Crippen LogP contribution in [0.3, 0.4) is 0 Å². The van der Waals surface area contributed by atoms with E-state index < -0.39 is 0 Å². The fourth-order valence-corrected chi connectivity index (χ4v) is 7.42. The van der Waals surface area contributed by atoms with Gasteiger partial charge in [0, 0.05) is 72.8 Å². The zero-order valence-electron chi connectivity index (χ0n) is 40.6. The number of anilines is 10. The number of aromatic amines is 5. The van der Waals surface area contributed by atoms with Gasteiger partial charge in [0.2, 0.25) is 0 Å². The van der Waals surface area contributed by atoms with Crippen molar-refractivity contribution in [3.05, 3.63) is 175 Å². The van der Waals surface area contributed by atoms with Gasteiger partial charge in [-0.15, -0.1) is 25.5 Å². The van der Waals surface area contributed by atoms with Gasteiger partial charge in [0.05, 0.1) is 44.2 Å². The van der Waals surface area contributed by atoms with Crippen LogP contribution in [-0.2, 0) is 28.9 Å². The lowest BCUT2D eigenvalue weighted by molar-refractivity contribution is 0.185. The van der Waals surface area contributed by atoms with Crippen molar-refractivity contribution in [1.82, 2.24) is 77.1 Å². The van der Waals surface area contributed by atoms with Crippen molar-refractivity contribution in [2.75, 3.05) is 47.4 Å². The number of rotatable bonds is 16. The summed E-state index contributed by atoms with van der Waals surface area (Å²) in [6, 6.07) is 30.4. The van der Waals surface area contributed by atoms with Crippen molar-refractivity contribution in [1.29, 1.82) is 0 Å². The van der Waals surface area contributed by atoms with Crippen molar-refractivity contribution in [2.45, 2.75) is 33.3 Å². The number of ether oxygens (including phenoxy) is 2. The van der Waals surface area contributed by atoms with E-state index in [1.807, 2.05) is 104 Å². The van der Waals surface area contributed by atoms with Gasteiger partial charge in [-0.25, -0.2) is 0 Å². The lowest BCUT2D eigenvalue weighted by Gasteiger charge is -2.10. The monoisotopic (exact) mass is 1160 g/mol. The van der Waals surface area contributed by atoms with Gasteiger partial charge in [-0.3, -0.25) is 0 Å². The number of aromatic nitrogens is 15. The van der Waals surface area contributed by atoms with Crippen molar-refractivity contribution in [2.24, 2.45) is 0 Å². The van der Waals surface area contributed by atoms with Crippen LogP contribution in [0.2, 0.25) is 20.1 Å². The largest absolute Gasteiger partial charge is 0.384 e. The molecule has 0 aliphatic rings. The number of nitrogens with one attached hydrogen (secondary N) is 10. The SMILES string of the molecule is Brc1ccc(Nc2cn[nH]n2)cc1.CCc1cc(Cl)ccc1Nc1cn[nH]n1.COCCc1cc(Cl)ccc1Nc1cn[nH]n1.COCc1cc(Cl)ccc1Nc1cn[nH]n1.Cc1cc(Cl)ccc1Nc1cn[nH]n1. The quantitative estimate of drug-likeness (QED) is 0.0430. The van der Waals surface area contributed by atoms with Crippen LogP contribution in [0, 0.1) is 6.92 Å². The number of hydrogen-bond acceptors (Lipinski definition) is 17. The van der Waals surface area contributed by atoms with Crippen molar-refractivity contribution >= 4 is 120 Å². The highest BCUT2D eigenvalue weighted by atomic mass is 79.9. The molecule has 390 valence electrons. The molecule has 0 aliphatic carbocycles. The summed E-state index contributed by atoms with van der Waals surface area (Å²) in [5.41, 5.74) is 9.11. The Bertz CT molecular complexity index is 3150. The van der Waals surface area contributed by atoms with E-state index in [1.54, 1.807) is 45.2 Å². The smallest absolute Gasteiger partial charge is 0.172 e. The summed E-state index contributed by atoms with van der Waals surface area (Å²) in [6.07, 6.45) is 9.81. The molecule has 0 amide bonds. The third kappa shape index (κ3) is 19.6. The maximum absolute atomic E-state index is 5.97. The molecule has 0 saturated carbocycles. The summed E-state index contributed by atoms with van der Waals surface area (Å²) in [5.74, 6) is 3.43. The molecule has 0 bridgehead atoms. The minimum Gasteiger partial charge on any atom is -0.384 e. The average molecular weight is 1160 g/mol. The lowest BCUT2D eigenvalue weighted by Crippen LogP contribution is -2.00. The first-order valence-corrected chi connectivity index (χ1v) is 24.8. The molecule has 5 aromatic carbocycles. The molecule has 27 heteroatoms. The standard InChI is InChI=1S/C11H13ClN4O.C10H11ClN4O.C10H11ClN4.C9H9ClN4.C8H7BrN4/c1-17-5-4-8-6-9(12)2-3-10(8)14-11-7-13-16-15-11;1-16-6-7-4-8(11)2-3-9(7)13-10-5-12-15-14-10;1-2-7-5-8(11)3-4-9(7)13-10-6-12-15-14-10;1-6-4-7(10)2-3-8(6)12-9-5-11-14-13-9;9-6-1-3-7(4-2-6)11-8-5-10-13-12-8/h2-3,6-7H,4-5H2,1H3,(H2,13,14,15,16);2-5H,6H2,1H3,(H2,12,13,14,15);3-6H,2H2,1H3,(H2,12,13,14,15);2-5H,1H3,(H2,11,12,13,14);1-5H,(H2,10,11,12,13). The van der Waals surface area contributed by atoms with E-state index in [0.717, 1.165) is 78.1 Å². The predicted octanol–water partition coefficient (Wildman–Crippen LogP) is 12.3. The molecule has 0 saturated heterocycles. The maximum atomic E-state index is 5.97. The molecule has 10 N–H and O–H groups in total. The van der Waals surface area contributed by atoms with Crippen LogP contribution >= 0.6 is 62.3 Å². The van der Waals surface area contributed by atoms with E-state index in [1.165, 1.54) is 0 Å². The summed E-state index contributed by atoms with van der Waals surface area (Å²) in [7, 11) is 3.32. The molecule has 0 spiro atoms. The highest BCUT2D eigenvalue weighted by Crippen LogP contribution is 2.27. The molecule has 75 heavy (non-hydrogen) atoms. The number of aryl methyl sites for hydroxylation is 2. The molecule has 5 heterocycles. The fraction of sp³-hybridized carbons (Fsp3) is 0.167. The van der Waals surface area contributed by atoms with Crippen LogP contribution in [0.1, 0.15) is 29.2 Å². The first-order chi connectivity index (χ1) is 36.5. The van der Waals surface area contributed by atoms with Gasteiger partial charge in [-0.2, -0.15) is 51.6 Å². The maximum Gasteiger partial charge on any atom is 0.172 e. The van der Waals surface area contributed by atoms with E-state index in [2.05, 4.69) is 126 Å². The Morgan fingerprint density at radius 3 is 1.23 bits per heavy atom. The topological polar surface area (TPSA) is 286 Å². The molecule has 0 aliphatic heterocycles. The molecule has 22 nitrogen and oxygen atoms in total. The van der Waals surface area contributed by atoms with Crippen LogP contribution in [0.15, 0.2) is 133 Å². The van der Waals surface area contributed by atoms with Gasteiger partial charge < -0.3 is 36.1 Å². The highest BCUT2D eigenvalue weighted by Gasteiger charge is 2.08. The van der Waals surface area contributed by atoms with Gasteiger partial charge >= 0.3 is 0 Å². The molecular formula is C48H51BrCl4N20O2. The predicted molar refractivity (Wildman–Crippen MR) is 299 cm³/mol. The molecular weight excluding hydrogens is 1110 g/mol. The van der Waals surface area contributed by atoms with Crippen molar-refractivity contribution in [3.63, 3.8) is 0 Å². The Hall–Kier alpha value is -7.64. The number of hydrogen-bond donors (Lipinski definition) is 10. The van der Waals surface area contributed by atoms with Gasteiger partial charge in [0.25, 0.3) is 0 Å². The Kier molecular flexibility index (Phi) is 23.1. The van der Waals surface area contributed by atoms with Crippen molar-refractivity contribution in [3.8, 4) is 0 Å². The number of nitrogens with zero attached hydrogens (tertiary/aromatic N) is 10. The van der Waals surface area contributed by atoms with E-state index in [9.17, 15) is 0 Å². The van der Waals surface area contributed by atoms with E-state index in [-0.39, 0.29) is 0 Å². The molecule has 10 aromatic rings. The Morgan fingerprint density at radius 2 is 0.827 bits per heavy atom. The summed E-state index contributed by atoms with van der Waals surface area (Å²) >= 11 is 27.0. The van der Waals surface area contributed by atoms with Crippen LogP contribution in [0.25, 0.3) is 0 Å². The molecule has 0 unspecified atom stereocenters. The zero-order chi connectivity index (χ0) is 53.2. The Morgan fingerprint density at radius 1 is 0.453 bits per heavy atom. The summed E-state index contributed by atoms with van der Waals surface area (Å²) in [6.45, 7) is 5.20. The number of benzene rings is 5. The summed E-state index contributed by atoms with van der Waals surface area (Å²) < 4.78 is 11.2. The zero-order valence-corrected chi connectivity index (χ0v) is 45.2. The van der Waals surface area contributed by atoms with Crippen LogP contribution < -0.4 is 26.6 Å². The molecule has 0 fully saturated rings. The lowest BCUT2D eigenvalue weighted by atomic mass is 10.1. The van der Waals surface area contributed by atoms with Gasteiger partial charge in [-0.05, 0) is 134 Å². The van der Waals surface area contributed by atoms with E-state index in [0.29, 0.717) is 52.3 Å². The minimum absolute atomic E-state index is 0.487. The van der Waals surface area contributed by atoms with Gasteiger partial charge in [0.1, 0.15) is 0 Å². The van der Waals surface area contributed by atoms with E-state index in [4.69, 9.17) is 55.9 Å². The summed E-state index contributed by atoms with van der Waals surface area (Å²) in [5, 5.41) is 69.3. The minimum atomic E-state index is 0.487. The van der Waals surface area contributed by atoms with E-state index >= 15 is 0 Å². The Labute approximate surface area is 459 Å². The van der Waals surface area contributed by atoms with Crippen LogP contribution in [-0.4, -0.2) is 97.9 Å². The van der Waals surface area contributed by atoms with Crippen LogP contribution in [0.4, 0.5) is 57.5 Å². The first kappa shape index (κ1) is 56.7. The second kappa shape index (κ2) is 30.5. The first-order valence-electron chi connectivity index (χ1n) is 22.5. The number of halogens is 5. The highest BCUT2D eigenvalue weighted by molar-refractivity contribution is 9.10. The second-order valence-corrected chi connectivity index (χ2v) is 18.0. The second-order valence-electron chi connectivity index (χ2n) is 15.3. The van der Waals surface area contributed by atoms with Crippen LogP contribution in [0.5, 0.6) is 0 Å². The molecule has 5 aromatic heterocycles. The Balaban J connectivity index is 0.000000153. The normalized spacial score (nSPS) is 10.3. The van der Waals surface area contributed by atoms with Gasteiger partial charge in [-0.1, -0.05) is 69.3 Å². The summed E-state index contributed by atoms with van der Waals surface area (Å²) in [4.78, 5) is 0. The van der Waals surface area contributed by atoms with Gasteiger partial charge in [0.15, 0.2) is 29.1 Å². The third-order valence-electron chi connectivity index (χ3n) is 9.89. The molecule has 0 radical (unpaired) electrons. The van der Waals surface area contributed by atoms with Crippen molar-refractivity contribution < 1.29 is 9.47 Å². The fourth-order valence-electron chi connectivity index (χ4n) is 6.35.